The summed E-state index contributed by atoms with van der Waals surface area (Å²) in [6, 6.07) is 9.07. The molecule has 0 radical (unpaired) electrons. The number of anilines is 2. The van der Waals surface area contributed by atoms with Crippen molar-refractivity contribution in [1.29, 1.82) is 0 Å². The lowest BCUT2D eigenvalue weighted by atomic mass is 10.1. The normalized spacial score (nSPS) is 17.5. The summed E-state index contributed by atoms with van der Waals surface area (Å²) in [6.45, 7) is 4.41. The highest BCUT2D eigenvalue weighted by atomic mass is 32.1. The van der Waals surface area contributed by atoms with Gasteiger partial charge in [0.1, 0.15) is 5.82 Å². The van der Waals surface area contributed by atoms with Crippen LogP contribution >= 0.6 is 12.2 Å². The van der Waals surface area contributed by atoms with Crippen LogP contribution in [0, 0.1) is 6.92 Å². The van der Waals surface area contributed by atoms with Gasteiger partial charge in [0.05, 0.1) is 5.52 Å². The molecule has 1 aliphatic heterocycles. The molecule has 1 aromatic heterocycles. The van der Waals surface area contributed by atoms with E-state index >= 15 is 0 Å². The summed E-state index contributed by atoms with van der Waals surface area (Å²) >= 11 is 5.36. The molecule has 2 N–H and O–H groups in total. The maximum absolute atomic E-state index is 5.36. The van der Waals surface area contributed by atoms with Crippen LogP contribution in [0.3, 0.4) is 0 Å². The zero-order valence-corrected chi connectivity index (χ0v) is 14.2. The largest absolute Gasteiger partial charge is 0.360 e. The van der Waals surface area contributed by atoms with Gasteiger partial charge in [-0.1, -0.05) is 0 Å². The number of rotatable bonds is 3. The van der Waals surface area contributed by atoms with Crippen molar-refractivity contribution in [2.45, 2.75) is 38.6 Å². The molecule has 4 nitrogen and oxygen atoms in total. The van der Waals surface area contributed by atoms with Crippen LogP contribution in [-0.4, -0.2) is 29.2 Å². The Bertz CT molecular complexity index is 748. The van der Waals surface area contributed by atoms with Crippen LogP contribution in [0.2, 0.25) is 0 Å². The van der Waals surface area contributed by atoms with Crippen molar-refractivity contribution in [3.05, 3.63) is 29.8 Å². The Morgan fingerprint density at radius 3 is 2.74 bits per heavy atom. The fourth-order valence-electron chi connectivity index (χ4n) is 3.14. The van der Waals surface area contributed by atoms with Gasteiger partial charge in [-0.25, -0.2) is 4.98 Å². The van der Waals surface area contributed by atoms with Crippen LogP contribution in [0.1, 0.15) is 31.2 Å². The maximum Gasteiger partial charge on any atom is 0.170 e. The number of hydrogen-bond donors (Lipinski definition) is 2. The molecule has 2 heterocycles. The number of aromatic nitrogens is 1. The van der Waals surface area contributed by atoms with Gasteiger partial charge in [-0.05, 0) is 74.7 Å². The van der Waals surface area contributed by atoms with Gasteiger partial charge < -0.3 is 15.5 Å². The molecule has 0 amide bonds. The first kappa shape index (κ1) is 14.7. The summed E-state index contributed by atoms with van der Waals surface area (Å²) in [6.07, 6.45) is 4.99. The van der Waals surface area contributed by atoms with E-state index in [9.17, 15) is 0 Å². The molecule has 1 saturated heterocycles. The lowest BCUT2D eigenvalue weighted by Gasteiger charge is -2.18. The average Bonchev–Trinajstić information content (AvgIpc) is 3.16. The molecule has 4 rings (SSSR count). The van der Waals surface area contributed by atoms with Gasteiger partial charge in [0.2, 0.25) is 0 Å². The van der Waals surface area contributed by atoms with Crippen molar-refractivity contribution >= 4 is 39.7 Å². The number of pyridine rings is 1. The molecule has 1 aromatic carbocycles. The Morgan fingerprint density at radius 2 is 2.00 bits per heavy atom. The van der Waals surface area contributed by atoms with Gasteiger partial charge in [-0.15, -0.1) is 0 Å². The number of fused-ring (bicyclic) bond motifs is 1. The molecule has 1 aliphatic carbocycles. The number of nitrogens with one attached hydrogen (secondary N) is 2. The molecule has 5 heteroatoms. The standard InChI is InChI=1S/C18H22N4S/c1-12-10-17(22-8-2-3-9-22)21-16-7-6-14(11-15(12)16)20-18(23)19-13-4-5-13/h6-7,10-11,13H,2-5,8-9H2,1H3,(H2,19,20,23). The van der Waals surface area contributed by atoms with E-state index in [0.29, 0.717) is 11.2 Å². The van der Waals surface area contributed by atoms with Crippen molar-refractivity contribution in [2.75, 3.05) is 23.3 Å². The van der Waals surface area contributed by atoms with E-state index in [1.807, 2.05) is 0 Å². The van der Waals surface area contributed by atoms with Gasteiger partial charge in [0.15, 0.2) is 5.11 Å². The molecule has 2 fully saturated rings. The number of aryl methyl sites for hydroxylation is 1. The average molecular weight is 326 g/mol. The quantitative estimate of drug-likeness (QED) is 0.844. The van der Waals surface area contributed by atoms with E-state index < -0.39 is 0 Å². The third-order valence-electron chi connectivity index (χ3n) is 4.60. The van der Waals surface area contributed by atoms with Crippen LogP contribution in [0.4, 0.5) is 11.5 Å². The molecule has 2 aliphatic rings. The summed E-state index contributed by atoms with van der Waals surface area (Å²) in [7, 11) is 0. The monoisotopic (exact) mass is 326 g/mol. The first-order chi connectivity index (χ1) is 11.2. The van der Waals surface area contributed by atoms with Crippen molar-refractivity contribution in [3.8, 4) is 0 Å². The van der Waals surface area contributed by atoms with Gasteiger partial charge in [-0.3, -0.25) is 0 Å². The summed E-state index contributed by atoms with van der Waals surface area (Å²) < 4.78 is 0. The van der Waals surface area contributed by atoms with Crippen LogP contribution in [0.15, 0.2) is 24.3 Å². The number of hydrogen-bond acceptors (Lipinski definition) is 3. The zero-order valence-electron chi connectivity index (χ0n) is 13.4. The van der Waals surface area contributed by atoms with E-state index in [2.05, 4.69) is 46.7 Å². The third kappa shape index (κ3) is 3.24. The third-order valence-corrected chi connectivity index (χ3v) is 4.82. The molecule has 2 aromatic rings. The molecule has 0 bridgehead atoms. The van der Waals surface area contributed by atoms with E-state index in [1.165, 1.54) is 36.6 Å². The summed E-state index contributed by atoms with van der Waals surface area (Å²) in [5.74, 6) is 1.11. The molecular weight excluding hydrogens is 304 g/mol. The van der Waals surface area contributed by atoms with E-state index in [0.717, 1.165) is 30.1 Å². The predicted molar refractivity (Wildman–Crippen MR) is 100 cm³/mol. The predicted octanol–water partition coefficient (Wildman–Crippen LogP) is 3.59. The molecule has 23 heavy (non-hydrogen) atoms. The topological polar surface area (TPSA) is 40.2 Å². The maximum atomic E-state index is 5.36. The Labute approximate surface area is 142 Å². The molecule has 1 saturated carbocycles. The zero-order chi connectivity index (χ0) is 15.8. The first-order valence-corrected chi connectivity index (χ1v) is 8.84. The fraction of sp³-hybridized carbons (Fsp3) is 0.444. The van der Waals surface area contributed by atoms with Crippen LogP contribution in [-0.2, 0) is 0 Å². The Hall–Kier alpha value is -1.88. The second-order valence-electron chi connectivity index (χ2n) is 6.60. The second kappa shape index (κ2) is 5.96. The highest BCUT2D eigenvalue weighted by Crippen LogP contribution is 2.27. The lowest BCUT2D eigenvalue weighted by molar-refractivity contribution is 0.919. The highest BCUT2D eigenvalue weighted by molar-refractivity contribution is 7.80. The molecule has 0 spiro atoms. The van der Waals surface area contributed by atoms with Crippen molar-refractivity contribution < 1.29 is 0 Å². The smallest absolute Gasteiger partial charge is 0.170 e. The number of benzene rings is 1. The molecular formula is C18H22N4S. The Kier molecular flexibility index (Phi) is 3.81. The lowest BCUT2D eigenvalue weighted by Crippen LogP contribution is -2.30. The molecule has 0 unspecified atom stereocenters. The number of thiocarbonyl (C=S) groups is 1. The van der Waals surface area contributed by atoms with E-state index in [-0.39, 0.29) is 0 Å². The van der Waals surface area contributed by atoms with Gasteiger partial charge >= 0.3 is 0 Å². The van der Waals surface area contributed by atoms with Crippen molar-refractivity contribution in [2.24, 2.45) is 0 Å². The minimum atomic E-state index is 0.571. The Morgan fingerprint density at radius 1 is 1.22 bits per heavy atom. The van der Waals surface area contributed by atoms with E-state index in [4.69, 9.17) is 17.2 Å². The van der Waals surface area contributed by atoms with E-state index in [1.54, 1.807) is 0 Å². The fourth-order valence-corrected chi connectivity index (χ4v) is 3.43. The van der Waals surface area contributed by atoms with Gasteiger partial charge in [0.25, 0.3) is 0 Å². The van der Waals surface area contributed by atoms with Crippen LogP contribution in [0.5, 0.6) is 0 Å². The highest BCUT2D eigenvalue weighted by Gasteiger charge is 2.21. The van der Waals surface area contributed by atoms with Crippen molar-refractivity contribution in [1.82, 2.24) is 10.3 Å². The van der Waals surface area contributed by atoms with Crippen LogP contribution < -0.4 is 15.5 Å². The van der Waals surface area contributed by atoms with Crippen molar-refractivity contribution in [3.63, 3.8) is 0 Å². The van der Waals surface area contributed by atoms with Crippen LogP contribution in [0.25, 0.3) is 10.9 Å². The summed E-state index contributed by atoms with van der Waals surface area (Å²) in [5.41, 5.74) is 3.34. The second-order valence-corrected chi connectivity index (χ2v) is 7.00. The minimum Gasteiger partial charge on any atom is -0.360 e. The summed E-state index contributed by atoms with van der Waals surface area (Å²) in [4.78, 5) is 7.23. The summed E-state index contributed by atoms with van der Waals surface area (Å²) in [5, 5.41) is 8.49. The Balaban J connectivity index is 1.59. The van der Waals surface area contributed by atoms with Gasteiger partial charge in [-0.2, -0.15) is 0 Å². The first-order valence-electron chi connectivity index (χ1n) is 8.43. The number of nitrogens with zero attached hydrogens (tertiary/aromatic N) is 2. The SMILES string of the molecule is Cc1cc(N2CCCC2)nc2ccc(NC(=S)NC3CC3)cc12. The minimum absolute atomic E-state index is 0.571. The molecule has 120 valence electrons. The molecule has 0 atom stereocenters. The van der Waals surface area contributed by atoms with Gasteiger partial charge in [0, 0.05) is 30.2 Å².